The zero-order valence-electron chi connectivity index (χ0n) is 40.4. The van der Waals surface area contributed by atoms with Gasteiger partial charge in [0.25, 0.3) is 11.8 Å². The molecule has 0 spiro atoms. The van der Waals surface area contributed by atoms with Crippen molar-refractivity contribution in [3.8, 4) is 63.2 Å². The molecule has 17 heteroatoms. The fourth-order valence-corrected chi connectivity index (χ4v) is 8.36. The van der Waals surface area contributed by atoms with E-state index < -0.39 is 0 Å². The number of carbonyl (C=O) groups excluding carboxylic acids is 2. The third-order valence-corrected chi connectivity index (χ3v) is 11.8. The predicted molar refractivity (Wildman–Crippen MR) is 253 cm³/mol. The number of ether oxygens (including phenoxy) is 11. The summed E-state index contributed by atoms with van der Waals surface area (Å²) in [5, 5.41) is 10.3. The summed E-state index contributed by atoms with van der Waals surface area (Å²) < 4.78 is 61.7. The number of pyridine rings is 1. The van der Waals surface area contributed by atoms with Crippen molar-refractivity contribution in [2.24, 2.45) is 0 Å². The molecule has 5 aromatic rings. The molecule has 3 heterocycles. The molecule has 68 heavy (non-hydrogen) atoms. The van der Waals surface area contributed by atoms with Crippen LogP contribution in [0.1, 0.15) is 54.1 Å². The van der Waals surface area contributed by atoms with Crippen LogP contribution in [0.25, 0.3) is 0 Å². The molecule has 0 unspecified atom stereocenters. The molecule has 364 valence electrons. The Kier molecular flexibility index (Phi) is 17.4. The smallest absolute Gasteiger partial charge is 0.257 e. The molecular formula is C51H61N3O14. The molecule has 0 saturated carbocycles. The standard InChI is InChI=1S/C28H32N2O7.C23H29NO7/c1-18-21(25(33-3)27(35-5)26(34-4)24(18)32-2)16-19-6-7-23(37-20-8-10-29-11-9-20)22(17-19)28(31)30-12-14-36-15-13-30;1-14-16(20(28-3)22(30-5)21(29-4)19(14)27-2)12-15-6-7-18(25)17(13-15)23(26)24-8-10-31-11-9-24/h6-11,17H,12-16H2,1-5H3;6-7,13,25H,8-12H2,1-5H3. The fraction of sp³-hybridized carbons (Fsp3) is 0.392. The average Bonchev–Trinajstić information content (AvgIpc) is 3.38. The zero-order chi connectivity index (χ0) is 48.9. The van der Waals surface area contributed by atoms with E-state index in [0.29, 0.717) is 129 Å². The van der Waals surface area contributed by atoms with Gasteiger partial charge in [-0.2, -0.15) is 0 Å². The van der Waals surface area contributed by atoms with Crippen LogP contribution in [0.5, 0.6) is 63.2 Å². The Balaban J connectivity index is 0.000000228. The Hall–Kier alpha value is -7.11. The fourth-order valence-electron chi connectivity index (χ4n) is 8.36. The number of nitrogens with zero attached hydrogens (tertiary/aromatic N) is 3. The summed E-state index contributed by atoms with van der Waals surface area (Å²) in [5.74, 6) is 4.72. The van der Waals surface area contributed by atoms with Crippen LogP contribution in [-0.2, 0) is 22.3 Å². The monoisotopic (exact) mass is 939 g/mol. The topological polar surface area (TPSA) is 175 Å². The highest BCUT2D eigenvalue weighted by atomic mass is 16.6. The first kappa shape index (κ1) is 50.3. The molecule has 0 bridgehead atoms. The third-order valence-electron chi connectivity index (χ3n) is 11.8. The highest BCUT2D eigenvalue weighted by molar-refractivity contribution is 5.98. The van der Waals surface area contributed by atoms with E-state index in [1.807, 2.05) is 32.0 Å². The Labute approximate surface area is 397 Å². The van der Waals surface area contributed by atoms with Gasteiger partial charge in [-0.15, -0.1) is 0 Å². The number of rotatable bonds is 16. The minimum atomic E-state index is -0.212. The van der Waals surface area contributed by atoms with E-state index in [4.69, 9.17) is 52.1 Å². The van der Waals surface area contributed by atoms with Crippen molar-refractivity contribution in [3.05, 3.63) is 105 Å². The summed E-state index contributed by atoms with van der Waals surface area (Å²) in [4.78, 5) is 34.0. The second kappa shape index (κ2) is 23.6. The van der Waals surface area contributed by atoms with Crippen molar-refractivity contribution in [1.82, 2.24) is 14.8 Å². The number of morpholine rings is 2. The van der Waals surface area contributed by atoms with E-state index >= 15 is 0 Å². The summed E-state index contributed by atoms with van der Waals surface area (Å²) in [7, 11) is 12.5. The molecule has 2 aliphatic rings. The van der Waals surface area contributed by atoms with E-state index in [2.05, 4.69) is 4.98 Å². The quantitative estimate of drug-likeness (QED) is 0.106. The molecule has 2 amide bonds. The normalized spacial score (nSPS) is 13.4. The van der Waals surface area contributed by atoms with Crippen molar-refractivity contribution in [3.63, 3.8) is 0 Å². The Morgan fingerprint density at radius 1 is 0.529 bits per heavy atom. The van der Waals surface area contributed by atoms with Crippen LogP contribution in [0.2, 0.25) is 0 Å². The minimum Gasteiger partial charge on any atom is -0.507 e. The van der Waals surface area contributed by atoms with Gasteiger partial charge in [0, 0.05) is 73.7 Å². The van der Waals surface area contributed by atoms with Crippen molar-refractivity contribution in [2.45, 2.75) is 26.7 Å². The van der Waals surface area contributed by atoms with Gasteiger partial charge in [-0.3, -0.25) is 14.6 Å². The van der Waals surface area contributed by atoms with Gasteiger partial charge in [-0.25, -0.2) is 0 Å². The van der Waals surface area contributed by atoms with Gasteiger partial charge in [-0.05, 0) is 61.4 Å². The van der Waals surface area contributed by atoms with Gasteiger partial charge in [0.05, 0.1) is 94.4 Å². The molecule has 0 atom stereocenters. The largest absolute Gasteiger partial charge is 0.507 e. The first-order valence-electron chi connectivity index (χ1n) is 22.0. The number of aromatic nitrogens is 1. The van der Waals surface area contributed by atoms with Crippen LogP contribution >= 0.6 is 0 Å². The maximum absolute atomic E-state index is 13.6. The summed E-state index contributed by atoms with van der Waals surface area (Å²) in [6.07, 6.45) is 4.19. The summed E-state index contributed by atoms with van der Waals surface area (Å²) in [6.45, 7) is 7.92. The Morgan fingerprint density at radius 2 is 0.912 bits per heavy atom. The number of methoxy groups -OCH3 is 8. The van der Waals surface area contributed by atoms with Crippen molar-refractivity contribution in [2.75, 3.05) is 109 Å². The van der Waals surface area contributed by atoms with Gasteiger partial charge < -0.3 is 67.0 Å². The van der Waals surface area contributed by atoms with Gasteiger partial charge in [0.1, 0.15) is 17.2 Å². The van der Waals surface area contributed by atoms with Gasteiger partial charge >= 0.3 is 0 Å². The first-order valence-corrected chi connectivity index (χ1v) is 22.0. The lowest BCUT2D eigenvalue weighted by atomic mass is 9.96. The zero-order valence-corrected chi connectivity index (χ0v) is 40.4. The van der Waals surface area contributed by atoms with E-state index in [1.54, 1.807) is 109 Å². The minimum absolute atomic E-state index is 0.0474. The van der Waals surface area contributed by atoms with Crippen LogP contribution in [0, 0.1) is 13.8 Å². The number of hydrogen-bond donors (Lipinski definition) is 1. The maximum Gasteiger partial charge on any atom is 0.257 e. The number of amides is 2. The van der Waals surface area contributed by atoms with Crippen molar-refractivity contribution < 1.29 is 66.8 Å². The highest BCUT2D eigenvalue weighted by Crippen LogP contribution is 2.51. The molecule has 1 N–H and O–H groups in total. The molecular weight excluding hydrogens is 879 g/mol. The lowest BCUT2D eigenvalue weighted by Gasteiger charge is -2.27. The molecule has 2 saturated heterocycles. The van der Waals surface area contributed by atoms with Crippen LogP contribution in [0.4, 0.5) is 0 Å². The van der Waals surface area contributed by atoms with E-state index in [9.17, 15) is 14.7 Å². The Bertz CT molecular complexity index is 2540. The van der Waals surface area contributed by atoms with E-state index in [1.165, 1.54) is 0 Å². The van der Waals surface area contributed by atoms with Crippen LogP contribution in [0.15, 0.2) is 60.9 Å². The van der Waals surface area contributed by atoms with E-state index in [-0.39, 0.29) is 23.1 Å². The average molecular weight is 940 g/mol. The van der Waals surface area contributed by atoms with Crippen LogP contribution in [-0.4, -0.2) is 141 Å². The number of carbonyl (C=O) groups is 2. The Morgan fingerprint density at radius 3 is 1.34 bits per heavy atom. The highest BCUT2D eigenvalue weighted by Gasteiger charge is 2.29. The van der Waals surface area contributed by atoms with Crippen LogP contribution in [0.3, 0.4) is 0 Å². The number of phenols is 1. The van der Waals surface area contributed by atoms with Gasteiger partial charge in [0.15, 0.2) is 23.0 Å². The second-order valence-electron chi connectivity index (χ2n) is 15.6. The summed E-state index contributed by atoms with van der Waals surface area (Å²) in [6, 6.07) is 14.2. The van der Waals surface area contributed by atoms with E-state index in [0.717, 1.165) is 33.4 Å². The predicted octanol–water partition coefficient (Wildman–Crippen LogP) is 7.08. The summed E-state index contributed by atoms with van der Waals surface area (Å²) >= 11 is 0. The number of hydrogen-bond acceptors (Lipinski definition) is 15. The molecule has 2 fully saturated rings. The number of aromatic hydroxyl groups is 1. The maximum atomic E-state index is 13.6. The molecule has 0 radical (unpaired) electrons. The molecule has 0 aliphatic carbocycles. The lowest BCUT2D eigenvalue weighted by Crippen LogP contribution is -2.40. The van der Waals surface area contributed by atoms with Crippen molar-refractivity contribution in [1.29, 1.82) is 0 Å². The van der Waals surface area contributed by atoms with Crippen molar-refractivity contribution >= 4 is 11.8 Å². The van der Waals surface area contributed by atoms with Crippen LogP contribution < -0.4 is 42.6 Å². The molecule has 7 rings (SSSR count). The van der Waals surface area contributed by atoms with Gasteiger partial charge in [-0.1, -0.05) is 12.1 Å². The second-order valence-corrected chi connectivity index (χ2v) is 15.6. The molecule has 2 aliphatic heterocycles. The summed E-state index contributed by atoms with van der Waals surface area (Å²) in [5.41, 5.74) is 5.88. The molecule has 17 nitrogen and oxygen atoms in total. The third kappa shape index (κ3) is 10.8. The lowest BCUT2D eigenvalue weighted by molar-refractivity contribution is 0.0299. The van der Waals surface area contributed by atoms with Gasteiger partial charge in [0.2, 0.25) is 23.0 Å². The SMILES string of the molecule is COc1c(C)c(Cc2ccc(O)c(C(=O)N3CCOCC3)c2)c(OC)c(OC)c1OC.COc1c(C)c(Cc2ccc(Oc3ccncc3)c(C(=O)N3CCOCC3)c2)c(OC)c(OC)c1OC. The molecule has 1 aromatic heterocycles. The first-order chi connectivity index (χ1) is 33.0. The molecule has 4 aromatic carbocycles. The number of phenolic OH excluding ortho intramolecular Hbond substituents is 1. The number of benzene rings is 4.